The first-order chi connectivity index (χ1) is 9.04. The van der Waals surface area contributed by atoms with Crippen LogP contribution in [0.25, 0.3) is 0 Å². The van der Waals surface area contributed by atoms with E-state index in [1.807, 2.05) is 0 Å². The number of halogens is 2. The predicted octanol–water partition coefficient (Wildman–Crippen LogP) is 3.15. The summed E-state index contributed by atoms with van der Waals surface area (Å²) >= 11 is 5.87. The molecule has 1 fully saturated rings. The highest BCUT2D eigenvalue weighted by molar-refractivity contribution is 6.33. The first kappa shape index (κ1) is 14.3. The molecule has 0 unspecified atom stereocenters. The van der Waals surface area contributed by atoms with Crippen molar-refractivity contribution in [2.75, 3.05) is 25.0 Å². The lowest BCUT2D eigenvalue weighted by Gasteiger charge is -2.29. The van der Waals surface area contributed by atoms with Crippen molar-refractivity contribution in [2.45, 2.75) is 19.8 Å². The Kier molecular flexibility index (Phi) is 4.77. The molecule has 1 aliphatic rings. The Morgan fingerprint density at radius 3 is 2.79 bits per heavy atom. The summed E-state index contributed by atoms with van der Waals surface area (Å²) < 4.78 is 12.9. The van der Waals surface area contributed by atoms with Crippen LogP contribution in [0.1, 0.15) is 19.8 Å². The topological polar surface area (TPSA) is 32.3 Å². The van der Waals surface area contributed by atoms with Crippen molar-refractivity contribution in [3.8, 4) is 0 Å². The number of hydrogen-bond donors (Lipinski definition) is 1. The predicted molar refractivity (Wildman–Crippen MR) is 74.9 cm³/mol. The van der Waals surface area contributed by atoms with Crippen LogP contribution in [-0.2, 0) is 4.79 Å². The van der Waals surface area contributed by atoms with Gasteiger partial charge in [0.2, 0.25) is 5.91 Å². The Bertz CT molecular complexity index is 459. The lowest BCUT2D eigenvalue weighted by atomic mass is 9.99. The van der Waals surface area contributed by atoms with Gasteiger partial charge in [0.25, 0.3) is 0 Å². The smallest absolute Gasteiger partial charge is 0.238 e. The van der Waals surface area contributed by atoms with Crippen molar-refractivity contribution in [1.29, 1.82) is 0 Å². The number of hydrogen-bond acceptors (Lipinski definition) is 2. The van der Waals surface area contributed by atoms with Crippen molar-refractivity contribution in [2.24, 2.45) is 5.92 Å². The Labute approximate surface area is 117 Å². The summed E-state index contributed by atoms with van der Waals surface area (Å²) in [5, 5.41) is 2.94. The quantitative estimate of drug-likeness (QED) is 0.925. The third-order valence-corrected chi connectivity index (χ3v) is 3.76. The lowest BCUT2D eigenvalue weighted by Crippen LogP contribution is -2.38. The van der Waals surface area contributed by atoms with Gasteiger partial charge < -0.3 is 5.32 Å². The fourth-order valence-corrected chi connectivity index (χ4v) is 2.42. The van der Waals surface area contributed by atoms with Crippen molar-refractivity contribution < 1.29 is 9.18 Å². The van der Waals surface area contributed by atoms with E-state index in [0.29, 0.717) is 12.2 Å². The number of carbonyl (C=O) groups is 1. The van der Waals surface area contributed by atoms with E-state index in [9.17, 15) is 9.18 Å². The zero-order chi connectivity index (χ0) is 13.8. The van der Waals surface area contributed by atoms with Gasteiger partial charge in [0.05, 0.1) is 17.3 Å². The van der Waals surface area contributed by atoms with Crippen LogP contribution in [0.5, 0.6) is 0 Å². The fourth-order valence-electron chi connectivity index (χ4n) is 2.20. The van der Waals surface area contributed by atoms with Crippen molar-refractivity contribution >= 4 is 23.2 Å². The summed E-state index contributed by atoms with van der Waals surface area (Å²) in [6.45, 7) is 4.49. The van der Waals surface area contributed by atoms with Gasteiger partial charge in [0.15, 0.2) is 0 Å². The van der Waals surface area contributed by atoms with Crippen LogP contribution in [0, 0.1) is 11.7 Å². The molecule has 5 heteroatoms. The highest BCUT2D eigenvalue weighted by Crippen LogP contribution is 2.22. The second-order valence-electron chi connectivity index (χ2n) is 5.13. The number of anilines is 1. The second-order valence-corrected chi connectivity index (χ2v) is 5.54. The maximum absolute atomic E-state index is 12.9. The van der Waals surface area contributed by atoms with E-state index in [2.05, 4.69) is 17.1 Å². The molecule has 19 heavy (non-hydrogen) atoms. The van der Waals surface area contributed by atoms with Gasteiger partial charge in [-0.1, -0.05) is 18.5 Å². The molecular formula is C14H18ClFN2O. The molecule has 1 aromatic rings. The van der Waals surface area contributed by atoms with Crippen LogP contribution < -0.4 is 5.32 Å². The number of piperidine rings is 1. The molecule has 0 spiro atoms. The van der Waals surface area contributed by atoms with Gasteiger partial charge in [-0.15, -0.1) is 0 Å². The van der Waals surface area contributed by atoms with Crippen molar-refractivity contribution in [3.63, 3.8) is 0 Å². The molecular weight excluding hydrogens is 267 g/mol. The Morgan fingerprint density at radius 2 is 2.16 bits per heavy atom. The molecule has 2 rings (SSSR count). The molecule has 1 saturated heterocycles. The summed E-state index contributed by atoms with van der Waals surface area (Å²) in [5.74, 6) is 0.224. The van der Waals surface area contributed by atoms with Gasteiger partial charge in [-0.3, -0.25) is 9.69 Å². The molecule has 1 amide bonds. The van der Waals surface area contributed by atoms with Crippen LogP contribution in [0.15, 0.2) is 18.2 Å². The summed E-state index contributed by atoms with van der Waals surface area (Å²) in [7, 11) is 0. The molecule has 0 aliphatic carbocycles. The Hall–Kier alpha value is -1.13. The largest absolute Gasteiger partial charge is 0.324 e. The van der Waals surface area contributed by atoms with E-state index in [1.54, 1.807) is 0 Å². The molecule has 1 heterocycles. The second kappa shape index (κ2) is 6.35. The van der Waals surface area contributed by atoms with Crippen LogP contribution in [0.2, 0.25) is 5.02 Å². The summed E-state index contributed by atoms with van der Waals surface area (Å²) in [4.78, 5) is 14.0. The molecule has 1 aromatic carbocycles. The van der Waals surface area contributed by atoms with Crippen molar-refractivity contribution in [3.05, 3.63) is 29.0 Å². The maximum atomic E-state index is 12.9. The number of rotatable bonds is 3. The van der Waals surface area contributed by atoms with Crippen molar-refractivity contribution in [1.82, 2.24) is 4.90 Å². The van der Waals surface area contributed by atoms with Crippen LogP contribution in [0.3, 0.4) is 0 Å². The van der Waals surface area contributed by atoms with Crippen LogP contribution >= 0.6 is 11.6 Å². The normalized spacial score (nSPS) is 17.4. The van der Waals surface area contributed by atoms with Gasteiger partial charge in [-0.05, 0) is 50.0 Å². The molecule has 0 radical (unpaired) electrons. The Balaban J connectivity index is 1.87. The monoisotopic (exact) mass is 284 g/mol. The average molecular weight is 285 g/mol. The lowest BCUT2D eigenvalue weighted by molar-refractivity contribution is -0.117. The van der Waals surface area contributed by atoms with Gasteiger partial charge in [-0.2, -0.15) is 0 Å². The molecule has 0 bridgehead atoms. The van der Waals surface area contributed by atoms with Gasteiger partial charge in [-0.25, -0.2) is 4.39 Å². The first-order valence-electron chi connectivity index (χ1n) is 6.52. The number of benzene rings is 1. The number of carbonyl (C=O) groups excluding carboxylic acids is 1. The summed E-state index contributed by atoms with van der Waals surface area (Å²) in [6.07, 6.45) is 2.26. The summed E-state index contributed by atoms with van der Waals surface area (Å²) in [5.41, 5.74) is 0.457. The fraction of sp³-hybridized carbons (Fsp3) is 0.500. The zero-order valence-electron chi connectivity index (χ0n) is 11.0. The minimum absolute atomic E-state index is 0.108. The van der Waals surface area contributed by atoms with E-state index in [4.69, 9.17) is 11.6 Å². The molecule has 104 valence electrons. The van der Waals surface area contributed by atoms with Gasteiger partial charge in [0.1, 0.15) is 5.82 Å². The Morgan fingerprint density at radius 1 is 1.47 bits per heavy atom. The van der Waals surface area contributed by atoms with E-state index in [-0.39, 0.29) is 10.9 Å². The van der Waals surface area contributed by atoms with Gasteiger partial charge in [0, 0.05) is 0 Å². The number of likely N-dealkylation sites (tertiary alicyclic amines) is 1. The van der Waals surface area contributed by atoms with Gasteiger partial charge >= 0.3 is 0 Å². The van der Waals surface area contributed by atoms with Crippen LogP contribution in [0.4, 0.5) is 10.1 Å². The van der Waals surface area contributed by atoms with E-state index >= 15 is 0 Å². The standard InChI is InChI=1S/C14H18ClFN2O/c1-10-4-6-18(7-5-10)9-14(19)17-13-3-2-11(16)8-12(13)15/h2-3,8,10H,4-7,9H2,1H3,(H,17,19). The molecule has 0 atom stereocenters. The highest BCUT2D eigenvalue weighted by atomic mass is 35.5. The first-order valence-corrected chi connectivity index (χ1v) is 6.89. The number of nitrogens with one attached hydrogen (secondary N) is 1. The molecule has 1 aliphatic heterocycles. The van der Waals surface area contributed by atoms with E-state index in [0.717, 1.165) is 31.8 Å². The molecule has 0 aromatic heterocycles. The third-order valence-electron chi connectivity index (χ3n) is 3.45. The highest BCUT2D eigenvalue weighted by Gasteiger charge is 2.18. The molecule has 1 N–H and O–H groups in total. The zero-order valence-corrected chi connectivity index (χ0v) is 11.7. The van der Waals surface area contributed by atoms with E-state index in [1.165, 1.54) is 18.2 Å². The minimum Gasteiger partial charge on any atom is -0.324 e. The van der Waals surface area contributed by atoms with E-state index < -0.39 is 5.82 Å². The molecule has 3 nitrogen and oxygen atoms in total. The average Bonchev–Trinajstić information content (AvgIpc) is 2.36. The summed E-state index contributed by atoms with van der Waals surface area (Å²) in [6, 6.07) is 3.96. The van der Waals surface area contributed by atoms with Crippen LogP contribution in [-0.4, -0.2) is 30.4 Å². The SMILES string of the molecule is CC1CCN(CC(=O)Nc2ccc(F)cc2Cl)CC1. The molecule has 0 saturated carbocycles. The number of nitrogens with zero attached hydrogens (tertiary/aromatic N) is 1. The minimum atomic E-state index is -0.409. The third kappa shape index (κ3) is 4.18. The maximum Gasteiger partial charge on any atom is 0.238 e. The number of amides is 1.